The largest absolute Gasteiger partial charge is 2.00 e. The topological polar surface area (TPSA) is 48.5 Å². The van der Waals surface area contributed by atoms with E-state index in [9.17, 15) is 0 Å². The summed E-state index contributed by atoms with van der Waals surface area (Å²) in [7, 11) is 0. The summed E-state index contributed by atoms with van der Waals surface area (Å²) in [6.45, 7) is 6.38. The van der Waals surface area contributed by atoms with Crippen LogP contribution in [0.25, 0.3) is 45.1 Å². The molecule has 0 aliphatic rings. The van der Waals surface area contributed by atoms with E-state index in [1.54, 1.807) is 0 Å². The second-order valence-corrected chi connectivity index (χ2v) is 8.97. The molecule has 0 atom stereocenters. The molecule has 2 aromatic carbocycles. The van der Waals surface area contributed by atoms with Crippen LogP contribution in [0, 0.1) is 0 Å². The van der Waals surface area contributed by atoms with Crippen molar-refractivity contribution in [2.24, 2.45) is 0 Å². The molecular formula is C29H33Cl2N5V. The number of hydrogen-bond acceptors (Lipinski definition) is 3. The van der Waals surface area contributed by atoms with Gasteiger partial charge in [0, 0.05) is 13.1 Å². The SMILES string of the molecule is CCCCCn1c(-c2cccc(-c3nc4ccccc4n3CCCCC)n2)nc2ccccc21.[Cl-].[Cl-].[V+2]. The van der Waals surface area contributed by atoms with Crippen LogP contribution in [-0.4, -0.2) is 24.1 Å². The molecule has 0 saturated carbocycles. The fourth-order valence-corrected chi connectivity index (χ4v) is 4.72. The minimum atomic E-state index is 0. The first-order chi connectivity index (χ1) is 16.8. The van der Waals surface area contributed by atoms with Crippen molar-refractivity contribution < 1.29 is 43.4 Å². The molecule has 0 spiro atoms. The molecule has 5 nitrogen and oxygen atoms in total. The predicted octanol–water partition coefficient (Wildman–Crippen LogP) is 1.50. The van der Waals surface area contributed by atoms with Crippen LogP contribution in [0.4, 0.5) is 0 Å². The molecule has 3 heterocycles. The maximum absolute atomic E-state index is 5.11. The average Bonchev–Trinajstić information content (AvgIpc) is 3.43. The third kappa shape index (κ3) is 6.58. The Balaban J connectivity index is 0.00000160. The number of unbranched alkanes of at least 4 members (excludes halogenated alkanes) is 4. The Bertz CT molecular complexity index is 1310. The van der Waals surface area contributed by atoms with Crippen molar-refractivity contribution in [1.29, 1.82) is 0 Å². The maximum atomic E-state index is 5.11. The van der Waals surface area contributed by atoms with Gasteiger partial charge < -0.3 is 33.9 Å². The molecule has 37 heavy (non-hydrogen) atoms. The number of para-hydroxylation sites is 4. The fraction of sp³-hybridized carbons (Fsp3) is 0.345. The van der Waals surface area contributed by atoms with Gasteiger partial charge in [-0.25, -0.2) is 15.0 Å². The molecule has 5 aromatic rings. The van der Waals surface area contributed by atoms with Gasteiger partial charge in [0.2, 0.25) is 0 Å². The van der Waals surface area contributed by atoms with E-state index in [2.05, 4.69) is 89.7 Å². The van der Waals surface area contributed by atoms with Gasteiger partial charge in [0.15, 0.2) is 11.6 Å². The van der Waals surface area contributed by atoms with Crippen LogP contribution in [-0.2, 0) is 31.6 Å². The van der Waals surface area contributed by atoms with Crippen molar-refractivity contribution in [2.75, 3.05) is 0 Å². The van der Waals surface area contributed by atoms with Crippen LogP contribution in [0.2, 0.25) is 0 Å². The Morgan fingerprint density at radius 2 is 0.973 bits per heavy atom. The van der Waals surface area contributed by atoms with Gasteiger partial charge in [-0.2, -0.15) is 0 Å². The first-order valence-corrected chi connectivity index (χ1v) is 12.7. The molecule has 0 unspecified atom stereocenters. The summed E-state index contributed by atoms with van der Waals surface area (Å²) in [4.78, 5) is 15.1. The second kappa shape index (κ2) is 14.6. The molecular weight excluding hydrogens is 540 g/mol. The standard InChI is InChI=1S/C29H33N5.2ClH.V/c1-3-5-11-20-33-26-18-9-7-14-22(26)31-28(33)24-16-13-17-25(30-24)29-32-23-15-8-10-19-27(23)34(29)21-12-6-4-2;;;/h7-10,13-19H,3-6,11-12,20-21H2,1-2H3;2*1H;/q;;;+2/p-2. The number of aromatic nitrogens is 5. The zero-order chi connectivity index (χ0) is 23.3. The Hall–Kier alpha value is -2.31. The van der Waals surface area contributed by atoms with Gasteiger partial charge in [-0.3, -0.25) is 0 Å². The Kier molecular flexibility index (Phi) is 12.2. The van der Waals surface area contributed by atoms with E-state index < -0.39 is 0 Å². The number of halogens is 2. The van der Waals surface area contributed by atoms with Crippen LogP contribution in [0.15, 0.2) is 66.7 Å². The van der Waals surface area contributed by atoms with Crippen molar-refractivity contribution in [3.05, 3.63) is 66.7 Å². The average molecular weight is 573 g/mol. The van der Waals surface area contributed by atoms with E-state index in [0.29, 0.717) is 0 Å². The molecule has 8 heteroatoms. The van der Waals surface area contributed by atoms with E-state index in [0.717, 1.165) is 60.0 Å². The second-order valence-electron chi connectivity index (χ2n) is 8.97. The van der Waals surface area contributed by atoms with Crippen molar-refractivity contribution in [3.8, 4) is 23.0 Å². The van der Waals surface area contributed by atoms with E-state index in [4.69, 9.17) is 15.0 Å². The first kappa shape index (κ1) is 30.9. The molecule has 0 fully saturated rings. The summed E-state index contributed by atoms with van der Waals surface area (Å²) in [5.74, 6) is 1.88. The zero-order valence-corrected chi connectivity index (χ0v) is 24.4. The Morgan fingerprint density at radius 3 is 1.41 bits per heavy atom. The van der Waals surface area contributed by atoms with Gasteiger partial charge in [-0.15, -0.1) is 0 Å². The van der Waals surface area contributed by atoms with E-state index in [1.165, 1.54) is 36.7 Å². The molecule has 1 radical (unpaired) electrons. The fourth-order valence-electron chi connectivity index (χ4n) is 4.72. The molecule has 0 aliphatic heterocycles. The Labute approximate surface area is 243 Å². The minimum absolute atomic E-state index is 0. The number of benzene rings is 2. The summed E-state index contributed by atoms with van der Waals surface area (Å²) < 4.78 is 4.67. The molecule has 0 bridgehead atoms. The van der Waals surface area contributed by atoms with Crippen LogP contribution in [0.1, 0.15) is 52.4 Å². The van der Waals surface area contributed by atoms with Gasteiger partial charge in [0.25, 0.3) is 0 Å². The van der Waals surface area contributed by atoms with Gasteiger partial charge in [0.1, 0.15) is 11.4 Å². The molecule has 0 aliphatic carbocycles. The summed E-state index contributed by atoms with van der Waals surface area (Å²) in [5, 5.41) is 0. The summed E-state index contributed by atoms with van der Waals surface area (Å²) in [5.41, 5.74) is 6.19. The summed E-state index contributed by atoms with van der Waals surface area (Å²) in [6, 6.07) is 23.0. The molecule has 0 amide bonds. The first-order valence-electron chi connectivity index (χ1n) is 12.7. The van der Waals surface area contributed by atoms with Gasteiger partial charge in [-0.05, 0) is 49.2 Å². The van der Waals surface area contributed by atoms with Crippen molar-refractivity contribution in [2.45, 2.75) is 65.5 Å². The van der Waals surface area contributed by atoms with Crippen LogP contribution < -0.4 is 24.8 Å². The van der Waals surface area contributed by atoms with Gasteiger partial charge >= 0.3 is 18.6 Å². The number of hydrogen-bond donors (Lipinski definition) is 0. The summed E-state index contributed by atoms with van der Waals surface area (Å²) in [6.07, 6.45) is 7.09. The molecule has 3 aromatic heterocycles. The van der Waals surface area contributed by atoms with Crippen LogP contribution in [0.5, 0.6) is 0 Å². The third-order valence-electron chi connectivity index (χ3n) is 6.49. The van der Waals surface area contributed by atoms with Gasteiger partial charge in [0.05, 0.1) is 22.1 Å². The number of imidazole rings is 2. The predicted molar refractivity (Wildman–Crippen MR) is 141 cm³/mol. The minimum Gasteiger partial charge on any atom is -1.00 e. The van der Waals surface area contributed by atoms with Crippen molar-refractivity contribution in [1.82, 2.24) is 24.1 Å². The molecule has 5 rings (SSSR count). The molecule has 0 saturated heterocycles. The normalized spacial score (nSPS) is 10.6. The van der Waals surface area contributed by atoms with E-state index in [1.807, 2.05) is 0 Å². The Morgan fingerprint density at radius 1 is 0.541 bits per heavy atom. The molecule has 0 N–H and O–H groups in total. The van der Waals surface area contributed by atoms with E-state index >= 15 is 0 Å². The van der Waals surface area contributed by atoms with Crippen LogP contribution in [0.3, 0.4) is 0 Å². The van der Waals surface area contributed by atoms with Crippen molar-refractivity contribution in [3.63, 3.8) is 0 Å². The number of nitrogens with zero attached hydrogens (tertiary/aromatic N) is 5. The number of fused-ring (bicyclic) bond motifs is 2. The van der Waals surface area contributed by atoms with Crippen LogP contribution >= 0.6 is 0 Å². The summed E-state index contributed by atoms with van der Waals surface area (Å²) >= 11 is 0. The maximum Gasteiger partial charge on any atom is 2.00 e. The van der Waals surface area contributed by atoms with Gasteiger partial charge in [-0.1, -0.05) is 69.9 Å². The smallest absolute Gasteiger partial charge is 1.00 e. The molecule has 193 valence electrons. The third-order valence-corrected chi connectivity index (χ3v) is 6.49. The quantitative estimate of drug-likeness (QED) is 0.238. The number of pyridine rings is 1. The monoisotopic (exact) mass is 572 g/mol. The zero-order valence-electron chi connectivity index (χ0n) is 21.4. The van der Waals surface area contributed by atoms with E-state index in [-0.39, 0.29) is 43.4 Å². The van der Waals surface area contributed by atoms with Crippen molar-refractivity contribution >= 4 is 22.1 Å². The number of aryl methyl sites for hydroxylation is 2. The number of rotatable bonds is 10.